The van der Waals surface area contributed by atoms with Crippen molar-refractivity contribution < 1.29 is 14.3 Å². The zero-order valence-corrected chi connectivity index (χ0v) is 16.2. The van der Waals surface area contributed by atoms with Gasteiger partial charge in [-0.1, -0.05) is 83.6 Å². The van der Waals surface area contributed by atoms with Crippen LogP contribution in [0.15, 0.2) is 24.3 Å². The Kier molecular flexibility index (Phi) is 12.7. The molecule has 0 heterocycles. The summed E-state index contributed by atoms with van der Waals surface area (Å²) in [7, 11) is 1.39. The molecule has 0 aliphatic carbocycles. The zero-order valence-electron chi connectivity index (χ0n) is 16.2. The van der Waals surface area contributed by atoms with Crippen molar-refractivity contribution in [1.29, 1.82) is 0 Å². The third-order valence-electron chi connectivity index (χ3n) is 4.52. The standard InChI is InChI=1S/C22H36O3/c1-3-4-5-6-7-8-9-10-11-12-13-14-18-25-21-17-15-16-20(19-21)22(23)24-2/h15-17,19H,3-14,18H2,1-2H3. The number of ether oxygens (including phenoxy) is 2. The molecule has 0 atom stereocenters. The summed E-state index contributed by atoms with van der Waals surface area (Å²) in [5.41, 5.74) is 0.537. The fourth-order valence-electron chi connectivity index (χ4n) is 2.96. The Morgan fingerprint density at radius 2 is 1.40 bits per heavy atom. The average Bonchev–Trinajstić information content (AvgIpc) is 2.65. The third kappa shape index (κ3) is 10.9. The predicted molar refractivity (Wildman–Crippen MR) is 104 cm³/mol. The van der Waals surface area contributed by atoms with Crippen LogP contribution in [0.2, 0.25) is 0 Å². The number of hydrogen-bond donors (Lipinski definition) is 0. The number of carbonyl (C=O) groups is 1. The van der Waals surface area contributed by atoms with E-state index in [-0.39, 0.29) is 5.97 Å². The van der Waals surface area contributed by atoms with Crippen LogP contribution in [0.5, 0.6) is 5.75 Å². The topological polar surface area (TPSA) is 35.5 Å². The van der Waals surface area contributed by atoms with Gasteiger partial charge in [-0.25, -0.2) is 4.79 Å². The summed E-state index contributed by atoms with van der Waals surface area (Å²) in [6.45, 7) is 2.98. The van der Waals surface area contributed by atoms with E-state index in [1.807, 2.05) is 12.1 Å². The lowest BCUT2D eigenvalue weighted by atomic mass is 10.1. The van der Waals surface area contributed by atoms with Gasteiger partial charge in [-0.15, -0.1) is 0 Å². The monoisotopic (exact) mass is 348 g/mol. The summed E-state index contributed by atoms with van der Waals surface area (Å²) in [6, 6.07) is 7.19. The molecule has 0 unspecified atom stereocenters. The maximum Gasteiger partial charge on any atom is 0.337 e. The highest BCUT2D eigenvalue weighted by Gasteiger charge is 2.05. The summed E-state index contributed by atoms with van der Waals surface area (Å²) < 4.78 is 10.4. The van der Waals surface area contributed by atoms with E-state index in [2.05, 4.69) is 6.92 Å². The lowest BCUT2D eigenvalue weighted by molar-refractivity contribution is 0.0600. The van der Waals surface area contributed by atoms with Gasteiger partial charge in [0.2, 0.25) is 0 Å². The number of carbonyl (C=O) groups excluding carboxylic acids is 1. The van der Waals surface area contributed by atoms with Crippen LogP contribution in [-0.4, -0.2) is 19.7 Å². The first kappa shape index (κ1) is 21.5. The Hall–Kier alpha value is -1.51. The van der Waals surface area contributed by atoms with Gasteiger partial charge in [-0.3, -0.25) is 0 Å². The van der Waals surface area contributed by atoms with Gasteiger partial charge in [0.05, 0.1) is 19.3 Å². The summed E-state index contributed by atoms with van der Waals surface area (Å²) in [6.07, 6.45) is 16.1. The molecule has 0 aliphatic rings. The highest BCUT2D eigenvalue weighted by Crippen LogP contribution is 2.15. The quantitative estimate of drug-likeness (QED) is 0.266. The fourth-order valence-corrected chi connectivity index (χ4v) is 2.96. The second-order valence-corrected chi connectivity index (χ2v) is 6.76. The first-order valence-electron chi connectivity index (χ1n) is 10.1. The minimum Gasteiger partial charge on any atom is -0.494 e. The highest BCUT2D eigenvalue weighted by atomic mass is 16.5. The summed E-state index contributed by atoms with van der Waals surface area (Å²) >= 11 is 0. The van der Waals surface area contributed by atoms with E-state index in [0.717, 1.165) is 12.2 Å². The van der Waals surface area contributed by atoms with E-state index in [1.54, 1.807) is 12.1 Å². The molecule has 0 saturated heterocycles. The maximum atomic E-state index is 11.5. The Balaban J connectivity index is 1.94. The molecule has 0 amide bonds. The number of benzene rings is 1. The van der Waals surface area contributed by atoms with Crippen LogP contribution >= 0.6 is 0 Å². The van der Waals surface area contributed by atoms with Crippen LogP contribution in [0, 0.1) is 0 Å². The second kappa shape index (κ2) is 14.8. The molecule has 3 nitrogen and oxygen atoms in total. The Morgan fingerprint density at radius 3 is 1.96 bits per heavy atom. The van der Waals surface area contributed by atoms with Crippen molar-refractivity contribution in [1.82, 2.24) is 0 Å². The normalized spacial score (nSPS) is 10.6. The predicted octanol–water partition coefficient (Wildman–Crippen LogP) is 6.55. The number of rotatable bonds is 15. The molecule has 0 radical (unpaired) electrons. The molecule has 25 heavy (non-hydrogen) atoms. The first-order valence-corrected chi connectivity index (χ1v) is 10.1. The van der Waals surface area contributed by atoms with Crippen molar-refractivity contribution in [2.24, 2.45) is 0 Å². The molecule has 3 heteroatoms. The molecule has 1 rings (SSSR count). The van der Waals surface area contributed by atoms with E-state index in [9.17, 15) is 4.79 Å². The SMILES string of the molecule is CCCCCCCCCCCCCCOc1cccc(C(=O)OC)c1. The lowest BCUT2D eigenvalue weighted by Gasteiger charge is -2.07. The molecule has 0 spiro atoms. The van der Waals surface area contributed by atoms with E-state index in [4.69, 9.17) is 9.47 Å². The van der Waals surface area contributed by atoms with Gasteiger partial charge >= 0.3 is 5.97 Å². The lowest BCUT2D eigenvalue weighted by Crippen LogP contribution is -2.02. The number of methoxy groups -OCH3 is 1. The maximum absolute atomic E-state index is 11.5. The summed E-state index contributed by atoms with van der Waals surface area (Å²) in [5, 5.41) is 0. The van der Waals surface area contributed by atoms with Crippen molar-refractivity contribution in [3.8, 4) is 5.75 Å². The Bertz CT molecular complexity index is 456. The van der Waals surface area contributed by atoms with Crippen molar-refractivity contribution in [3.63, 3.8) is 0 Å². The van der Waals surface area contributed by atoms with Gasteiger partial charge in [0.15, 0.2) is 0 Å². The minimum absolute atomic E-state index is 0.323. The van der Waals surface area contributed by atoms with Crippen molar-refractivity contribution in [2.45, 2.75) is 84.0 Å². The molecule has 1 aromatic rings. The first-order chi connectivity index (χ1) is 12.3. The van der Waals surface area contributed by atoms with Gasteiger partial charge in [-0.2, -0.15) is 0 Å². The molecule has 0 aliphatic heterocycles. The van der Waals surface area contributed by atoms with Crippen molar-refractivity contribution in [2.75, 3.05) is 13.7 Å². The summed E-state index contributed by atoms with van der Waals surface area (Å²) in [5.74, 6) is 0.418. The molecule has 0 aromatic heterocycles. The van der Waals surface area contributed by atoms with E-state index < -0.39 is 0 Å². The van der Waals surface area contributed by atoms with Crippen LogP contribution in [0.1, 0.15) is 94.3 Å². The molecule has 0 N–H and O–H groups in total. The number of unbranched alkanes of at least 4 members (excludes halogenated alkanes) is 11. The van der Waals surface area contributed by atoms with E-state index in [0.29, 0.717) is 12.2 Å². The Labute approximate surface area is 154 Å². The van der Waals surface area contributed by atoms with E-state index >= 15 is 0 Å². The molecule has 142 valence electrons. The molecule has 0 bridgehead atoms. The largest absolute Gasteiger partial charge is 0.494 e. The summed E-state index contributed by atoms with van der Waals surface area (Å²) in [4.78, 5) is 11.5. The van der Waals surface area contributed by atoms with Gasteiger partial charge in [0, 0.05) is 0 Å². The Morgan fingerprint density at radius 1 is 0.840 bits per heavy atom. The smallest absolute Gasteiger partial charge is 0.337 e. The third-order valence-corrected chi connectivity index (χ3v) is 4.52. The van der Waals surface area contributed by atoms with Crippen LogP contribution < -0.4 is 4.74 Å². The molecule has 1 aromatic carbocycles. The number of hydrogen-bond acceptors (Lipinski definition) is 3. The molecular weight excluding hydrogens is 312 g/mol. The molecule has 0 fully saturated rings. The minimum atomic E-state index is -0.323. The molecular formula is C22H36O3. The zero-order chi connectivity index (χ0) is 18.2. The van der Waals surface area contributed by atoms with Gasteiger partial charge in [0.25, 0.3) is 0 Å². The van der Waals surface area contributed by atoms with Crippen molar-refractivity contribution in [3.05, 3.63) is 29.8 Å². The molecule has 0 saturated carbocycles. The van der Waals surface area contributed by atoms with Crippen LogP contribution in [0.25, 0.3) is 0 Å². The van der Waals surface area contributed by atoms with E-state index in [1.165, 1.54) is 77.7 Å². The highest BCUT2D eigenvalue weighted by molar-refractivity contribution is 5.89. The number of esters is 1. The van der Waals surface area contributed by atoms with Gasteiger partial charge < -0.3 is 9.47 Å². The fraction of sp³-hybridized carbons (Fsp3) is 0.682. The van der Waals surface area contributed by atoms with Gasteiger partial charge in [-0.05, 0) is 24.6 Å². The average molecular weight is 349 g/mol. The second-order valence-electron chi connectivity index (χ2n) is 6.76. The van der Waals surface area contributed by atoms with Crippen molar-refractivity contribution >= 4 is 5.97 Å². The van der Waals surface area contributed by atoms with Crippen LogP contribution in [0.3, 0.4) is 0 Å². The van der Waals surface area contributed by atoms with Gasteiger partial charge in [0.1, 0.15) is 5.75 Å². The van der Waals surface area contributed by atoms with Crippen LogP contribution in [0.4, 0.5) is 0 Å². The van der Waals surface area contributed by atoms with Crippen LogP contribution in [-0.2, 0) is 4.74 Å².